The Labute approximate surface area is 144 Å². The van der Waals surface area contributed by atoms with Crippen molar-refractivity contribution in [1.29, 1.82) is 0 Å². The molecule has 1 atom stereocenters. The highest BCUT2D eigenvalue weighted by Gasteiger charge is 2.36. The van der Waals surface area contributed by atoms with E-state index >= 15 is 0 Å². The third kappa shape index (κ3) is 2.48. The number of rotatable bonds is 2. The second-order valence-corrected chi connectivity index (χ2v) is 6.32. The zero-order valence-corrected chi connectivity index (χ0v) is 14.1. The Bertz CT molecular complexity index is 943. The summed E-state index contributed by atoms with van der Waals surface area (Å²) >= 11 is 0. The lowest BCUT2D eigenvalue weighted by Gasteiger charge is -2.35. The largest absolute Gasteiger partial charge is 0.507 e. The topological polar surface area (TPSA) is 87.0 Å². The van der Waals surface area contributed by atoms with Crippen LogP contribution in [0, 0.1) is 6.92 Å². The maximum Gasteiger partial charge on any atom is 0.258 e. The molecule has 2 aromatic heterocycles. The van der Waals surface area contributed by atoms with E-state index in [9.17, 15) is 9.90 Å². The number of nitrogens with one attached hydrogen (secondary N) is 1. The Balaban J connectivity index is 1.80. The summed E-state index contributed by atoms with van der Waals surface area (Å²) in [7, 11) is 1.85. The molecule has 0 bridgehead atoms. The van der Waals surface area contributed by atoms with Crippen LogP contribution in [0.25, 0.3) is 0 Å². The number of hydrogen-bond donors (Lipinski definition) is 2. The first-order valence-electron chi connectivity index (χ1n) is 8.17. The van der Waals surface area contributed by atoms with Gasteiger partial charge in [-0.25, -0.2) is 4.98 Å². The monoisotopic (exact) mass is 337 g/mol. The van der Waals surface area contributed by atoms with Gasteiger partial charge in [-0.1, -0.05) is 6.07 Å². The minimum absolute atomic E-state index is 0.00146. The number of nitrogens with zero attached hydrogens (tertiary/aromatic N) is 4. The van der Waals surface area contributed by atoms with Gasteiger partial charge in [0.1, 0.15) is 11.8 Å². The summed E-state index contributed by atoms with van der Waals surface area (Å²) < 4.78 is 1.75. The highest BCUT2D eigenvalue weighted by molar-refractivity contribution is 5.97. The van der Waals surface area contributed by atoms with Crippen LogP contribution >= 0.6 is 0 Å². The number of aryl methyl sites for hydroxylation is 2. The lowest BCUT2D eigenvalue weighted by molar-refractivity contribution is 0.0681. The summed E-state index contributed by atoms with van der Waals surface area (Å²) in [5.74, 6) is -0.209. The van der Waals surface area contributed by atoms with Crippen molar-refractivity contribution in [3.63, 3.8) is 0 Å². The van der Waals surface area contributed by atoms with Gasteiger partial charge < -0.3 is 15.0 Å². The van der Waals surface area contributed by atoms with Crippen molar-refractivity contribution in [1.82, 2.24) is 24.6 Å². The normalized spacial score (nSPS) is 16.7. The fraction of sp³-hybridized carbons (Fsp3) is 0.278. The second-order valence-electron chi connectivity index (χ2n) is 6.32. The zero-order valence-electron chi connectivity index (χ0n) is 14.1. The SMILES string of the molecule is Cc1ccc(C(=O)N2CCc3[nH]cnc3C2c2ccnn2C)c(O)c1. The number of aromatic nitrogens is 4. The number of fused-ring (bicyclic) bond motifs is 1. The Kier molecular flexibility index (Phi) is 3.56. The molecule has 3 aromatic rings. The molecule has 0 aliphatic carbocycles. The van der Waals surface area contributed by atoms with Crippen molar-refractivity contribution in [2.45, 2.75) is 19.4 Å². The number of carbonyl (C=O) groups is 1. The van der Waals surface area contributed by atoms with E-state index in [0.29, 0.717) is 18.5 Å². The maximum absolute atomic E-state index is 13.2. The molecular weight excluding hydrogens is 318 g/mol. The number of aromatic amines is 1. The molecule has 2 N–H and O–H groups in total. The van der Waals surface area contributed by atoms with E-state index < -0.39 is 0 Å². The van der Waals surface area contributed by atoms with E-state index in [-0.39, 0.29) is 17.7 Å². The molecule has 1 aliphatic rings. The Morgan fingerprint density at radius 2 is 2.20 bits per heavy atom. The summed E-state index contributed by atoms with van der Waals surface area (Å²) in [4.78, 5) is 22.5. The van der Waals surface area contributed by atoms with Crippen molar-refractivity contribution in [3.05, 3.63) is 65.0 Å². The fourth-order valence-electron chi connectivity index (χ4n) is 3.42. The summed E-state index contributed by atoms with van der Waals surface area (Å²) in [5.41, 5.74) is 3.95. The minimum Gasteiger partial charge on any atom is -0.507 e. The molecule has 0 spiro atoms. The number of benzene rings is 1. The van der Waals surface area contributed by atoms with Crippen LogP contribution in [-0.2, 0) is 13.5 Å². The van der Waals surface area contributed by atoms with Gasteiger partial charge in [0.25, 0.3) is 5.91 Å². The van der Waals surface area contributed by atoms with Gasteiger partial charge in [0.05, 0.1) is 23.3 Å². The van der Waals surface area contributed by atoms with E-state index in [1.165, 1.54) is 0 Å². The molecule has 0 radical (unpaired) electrons. The van der Waals surface area contributed by atoms with E-state index in [4.69, 9.17) is 0 Å². The fourth-order valence-corrected chi connectivity index (χ4v) is 3.42. The maximum atomic E-state index is 13.2. The van der Waals surface area contributed by atoms with Crippen LogP contribution < -0.4 is 0 Å². The smallest absolute Gasteiger partial charge is 0.258 e. The average molecular weight is 337 g/mol. The van der Waals surface area contributed by atoms with Crippen molar-refractivity contribution < 1.29 is 9.90 Å². The Hall–Kier alpha value is -3.09. The van der Waals surface area contributed by atoms with E-state index in [2.05, 4.69) is 15.1 Å². The average Bonchev–Trinajstić information content (AvgIpc) is 3.22. The van der Waals surface area contributed by atoms with Gasteiger partial charge in [-0.3, -0.25) is 9.48 Å². The molecule has 7 nitrogen and oxygen atoms in total. The van der Waals surface area contributed by atoms with Crippen LogP contribution in [0.4, 0.5) is 0 Å². The van der Waals surface area contributed by atoms with Crippen molar-refractivity contribution >= 4 is 5.91 Å². The predicted molar refractivity (Wildman–Crippen MR) is 91.2 cm³/mol. The van der Waals surface area contributed by atoms with Gasteiger partial charge in [0.15, 0.2) is 0 Å². The molecule has 0 fully saturated rings. The quantitative estimate of drug-likeness (QED) is 0.748. The molecule has 7 heteroatoms. The predicted octanol–water partition coefficient (Wildman–Crippen LogP) is 1.95. The highest BCUT2D eigenvalue weighted by atomic mass is 16.3. The molecular formula is C18H19N5O2. The number of carbonyl (C=O) groups excluding carboxylic acids is 1. The summed E-state index contributed by atoms with van der Waals surface area (Å²) in [5, 5.41) is 14.5. The van der Waals surface area contributed by atoms with Gasteiger partial charge >= 0.3 is 0 Å². The van der Waals surface area contributed by atoms with Crippen molar-refractivity contribution in [2.75, 3.05) is 6.54 Å². The molecule has 1 unspecified atom stereocenters. The lowest BCUT2D eigenvalue weighted by Crippen LogP contribution is -2.41. The van der Waals surface area contributed by atoms with Crippen LogP contribution in [0.15, 0.2) is 36.8 Å². The molecule has 128 valence electrons. The third-order valence-corrected chi connectivity index (χ3v) is 4.71. The Morgan fingerprint density at radius 3 is 2.92 bits per heavy atom. The number of phenols is 1. The van der Waals surface area contributed by atoms with Crippen molar-refractivity contribution in [2.24, 2.45) is 7.05 Å². The Morgan fingerprint density at radius 1 is 1.36 bits per heavy atom. The van der Waals surface area contributed by atoms with Crippen LogP contribution in [-0.4, -0.2) is 42.2 Å². The van der Waals surface area contributed by atoms with Crippen LogP contribution in [0.2, 0.25) is 0 Å². The van der Waals surface area contributed by atoms with E-state index in [1.807, 2.05) is 26.1 Å². The van der Waals surface area contributed by atoms with Crippen LogP contribution in [0.3, 0.4) is 0 Å². The first kappa shape index (κ1) is 15.4. The molecule has 0 saturated carbocycles. The van der Waals surface area contributed by atoms with E-state index in [1.54, 1.807) is 34.2 Å². The minimum atomic E-state index is -0.337. The van der Waals surface area contributed by atoms with Gasteiger partial charge in [-0.15, -0.1) is 0 Å². The number of hydrogen-bond acceptors (Lipinski definition) is 4. The number of imidazole rings is 1. The number of aromatic hydroxyl groups is 1. The standard InChI is InChI=1S/C18H19N5O2/c1-11-3-4-12(15(24)9-11)18(25)23-8-6-13-16(20-10-19-13)17(23)14-5-7-21-22(14)2/h3-5,7,9-10,17,24H,6,8H2,1-2H3,(H,19,20). The van der Waals surface area contributed by atoms with Gasteiger partial charge in [0.2, 0.25) is 0 Å². The lowest BCUT2D eigenvalue weighted by atomic mass is 9.98. The molecule has 4 rings (SSSR count). The van der Waals surface area contributed by atoms with Crippen LogP contribution in [0.5, 0.6) is 5.75 Å². The summed E-state index contributed by atoms with van der Waals surface area (Å²) in [6.07, 6.45) is 4.07. The van der Waals surface area contributed by atoms with Gasteiger partial charge in [0, 0.05) is 31.9 Å². The number of amides is 1. The van der Waals surface area contributed by atoms with Crippen molar-refractivity contribution in [3.8, 4) is 5.75 Å². The molecule has 1 aliphatic heterocycles. The second kappa shape index (κ2) is 5.77. The van der Waals surface area contributed by atoms with E-state index in [0.717, 1.165) is 22.6 Å². The molecule has 25 heavy (non-hydrogen) atoms. The van der Waals surface area contributed by atoms with Gasteiger partial charge in [-0.2, -0.15) is 5.10 Å². The zero-order chi connectivity index (χ0) is 17.6. The first-order valence-corrected chi connectivity index (χ1v) is 8.17. The third-order valence-electron chi connectivity index (χ3n) is 4.71. The number of phenolic OH excluding ortho intramolecular Hbond substituents is 1. The molecule has 1 amide bonds. The molecule has 3 heterocycles. The summed E-state index contributed by atoms with van der Waals surface area (Å²) in [6.45, 7) is 2.42. The first-order chi connectivity index (χ1) is 12.1. The molecule has 1 aromatic carbocycles. The summed E-state index contributed by atoms with van der Waals surface area (Å²) in [6, 6.07) is 6.67. The van der Waals surface area contributed by atoms with Gasteiger partial charge in [-0.05, 0) is 30.7 Å². The number of H-pyrrole nitrogens is 1. The highest BCUT2D eigenvalue weighted by Crippen LogP contribution is 2.35. The van der Waals surface area contributed by atoms with Crippen LogP contribution in [0.1, 0.15) is 39.0 Å². The molecule has 0 saturated heterocycles.